The van der Waals surface area contributed by atoms with Crippen molar-refractivity contribution < 1.29 is 4.52 Å². The van der Waals surface area contributed by atoms with E-state index in [1.807, 2.05) is 0 Å². The maximum absolute atomic E-state index is 5.37. The van der Waals surface area contributed by atoms with Crippen LogP contribution in [0.25, 0.3) is 0 Å². The smallest absolute Gasteiger partial charge is 0.228 e. The number of nitrogens with one attached hydrogen (secondary N) is 1. The summed E-state index contributed by atoms with van der Waals surface area (Å²) in [7, 11) is 0. The van der Waals surface area contributed by atoms with Crippen LogP contribution in [0.15, 0.2) is 4.52 Å². The fourth-order valence-electron chi connectivity index (χ4n) is 1.98. The van der Waals surface area contributed by atoms with Crippen LogP contribution in [0.2, 0.25) is 0 Å². The molecule has 0 amide bonds. The van der Waals surface area contributed by atoms with E-state index < -0.39 is 0 Å². The number of hydrogen-bond acceptors (Lipinski definition) is 4. The average Bonchev–Trinajstić information content (AvgIpc) is 2.68. The van der Waals surface area contributed by atoms with Crippen LogP contribution < -0.4 is 5.32 Å². The highest BCUT2D eigenvalue weighted by Crippen LogP contribution is 2.19. The summed E-state index contributed by atoms with van der Waals surface area (Å²) in [6.45, 7) is 14.2. The van der Waals surface area contributed by atoms with Crippen molar-refractivity contribution in [3.05, 3.63) is 11.7 Å². The van der Waals surface area contributed by atoms with E-state index in [9.17, 15) is 0 Å². The Labute approximate surface area is 117 Å². The molecule has 0 aliphatic heterocycles. The second kappa shape index (κ2) is 7.04. The summed E-state index contributed by atoms with van der Waals surface area (Å²) in [5.41, 5.74) is 0.194. The molecule has 0 bridgehead atoms. The van der Waals surface area contributed by atoms with Crippen LogP contribution >= 0.6 is 0 Å². The first-order valence-electron chi connectivity index (χ1n) is 7.36. The minimum Gasteiger partial charge on any atom is -0.339 e. The van der Waals surface area contributed by atoms with E-state index in [2.05, 4.69) is 57.0 Å². The third kappa shape index (κ3) is 6.19. The minimum absolute atomic E-state index is 0.194. The Morgan fingerprint density at radius 2 is 1.95 bits per heavy atom. The van der Waals surface area contributed by atoms with E-state index in [0.717, 1.165) is 37.5 Å². The van der Waals surface area contributed by atoms with Crippen molar-refractivity contribution in [3.8, 4) is 0 Å². The highest BCUT2D eigenvalue weighted by Gasteiger charge is 2.19. The van der Waals surface area contributed by atoms with Gasteiger partial charge in [-0.25, -0.2) is 0 Å². The van der Waals surface area contributed by atoms with Gasteiger partial charge in [-0.2, -0.15) is 4.98 Å². The molecule has 0 spiro atoms. The normalized spacial score (nSPS) is 14.1. The van der Waals surface area contributed by atoms with Crippen molar-refractivity contribution in [2.24, 2.45) is 11.3 Å². The molecule has 1 aromatic rings. The van der Waals surface area contributed by atoms with Crippen LogP contribution in [0.1, 0.15) is 59.7 Å². The summed E-state index contributed by atoms with van der Waals surface area (Å²) < 4.78 is 5.37. The first-order valence-corrected chi connectivity index (χ1v) is 7.36. The Balaban J connectivity index is 2.60. The van der Waals surface area contributed by atoms with Crippen molar-refractivity contribution in [2.45, 2.75) is 66.8 Å². The Bertz CT molecular complexity index is 366. The molecule has 1 atom stereocenters. The molecule has 0 radical (unpaired) electrons. The molecule has 110 valence electrons. The summed E-state index contributed by atoms with van der Waals surface area (Å²) in [5, 5.41) is 7.63. The van der Waals surface area contributed by atoms with Gasteiger partial charge in [0.05, 0.1) is 0 Å². The lowest BCUT2D eigenvalue weighted by molar-refractivity contribution is 0.320. The lowest BCUT2D eigenvalue weighted by Crippen LogP contribution is -2.36. The number of hydrogen-bond donors (Lipinski definition) is 1. The van der Waals surface area contributed by atoms with Crippen LogP contribution in [0.4, 0.5) is 0 Å². The van der Waals surface area contributed by atoms with E-state index in [4.69, 9.17) is 4.52 Å². The highest BCUT2D eigenvalue weighted by atomic mass is 16.5. The second-order valence-corrected chi connectivity index (χ2v) is 6.85. The lowest BCUT2D eigenvalue weighted by atomic mass is 9.92. The number of nitrogens with zero attached hydrogens (tertiary/aromatic N) is 2. The summed E-state index contributed by atoms with van der Waals surface area (Å²) in [6.07, 6.45) is 2.81. The molecule has 1 heterocycles. The molecule has 1 rings (SSSR count). The molecule has 4 heteroatoms. The standard InChI is InChI=1S/C15H29N3O/c1-7-8-16-12(11(2)3)9-14-17-13(18-19-14)10-15(4,5)6/h11-12,16H,7-10H2,1-6H3. The van der Waals surface area contributed by atoms with Crippen LogP contribution in [-0.4, -0.2) is 22.7 Å². The molecule has 19 heavy (non-hydrogen) atoms. The van der Waals surface area contributed by atoms with Gasteiger partial charge >= 0.3 is 0 Å². The van der Waals surface area contributed by atoms with Gasteiger partial charge < -0.3 is 9.84 Å². The number of rotatable bonds is 7. The lowest BCUT2D eigenvalue weighted by Gasteiger charge is -2.20. The highest BCUT2D eigenvalue weighted by molar-refractivity contribution is 4.93. The molecule has 0 saturated heterocycles. The molecule has 1 unspecified atom stereocenters. The quantitative estimate of drug-likeness (QED) is 0.824. The zero-order valence-corrected chi connectivity index (χ0v) is 13.3. The number of aromatic nitrogens is 2. The topological polar surface area (TPSA) is 51.0 Å². The third-order valence-corrected chi connectivity index (χ3v) is 3.05. The Morgan fingerprint density at radius 1 is 1.26 bits per heavy atom. The van der Waals surface area contributed by atoms with Gasteiger partial charge in [-0.3, -0.25) is 0 Å². The average molecular weight is 267 g/mol. The SMILES string of the molecule is CCCNC(Cc1nc(CC(C)(C)C)no1)C(C)C. The van der Waals surface area contributed by atoms with Crippen LogP contribution in [0, 0.1) is 11.3 Å². The van der Waals surface area contributed by atoms with E-state index in [1.54, 1.807) is 0 Å². The summed E-state index contributed by atoms with van der Waals surface area (Å²) in [4.78, 5) is 4.51. The molecule has 4 nitrogen and oxygen atoms in total. The molecular formula is C15H29N3O. The zero-order chi connectivity index (χ0) is 14.5. The van der Waals surface area contributed by atoms with Crippen molar-refractivity contribution in [1.82, 2.24) is 15.5 Å². The van der Waals surface area contributed by atoms with E-state index in [0.29, 0.717) is 12.0 Å². The molecule has 1 aromatic heterocycles. The third-order valence-electron chi connectivity index (χ3n) is 3.05. The Hall–Kier alpha value is -0.900. The van der Waals surface area contributed by atoms with Crippen molar-refractivity contribution in [3.63, 3.8) is 0 Å². The van der Waals surface area contributed by atoms with Crippen molar-refractivity contribution in [1.29, 1.82) is 0 Å². The molecular weight excluding hydrogens is 238 g/mol. The van der Waals surface area contributed by atoms with Crippen molar-refractivity contribution in [2.75, 3.05) is 6.54 Å². The molecule has 0 aliphatic carbocycles. The zero-order valence-electron chi connectivity index (χ0n) is 13.3. The van der Waals surface area contributed by atoms with Gasteiger partial charge in [0.25, 0.3) is 0 Å². The largest absolute Gasteiger partial charge is 0.339 e. The molecule has 0 saturated carbocycles. The first kappa shape index (κ1) is 16.2. The van der Waals surface area contributed by atoms with E-state index in [1.165, 1.54) is 0 Å². The summed E-state index contributed by atoms with van der Waals surface area (Å²) in [6, 6.07) is 0.405. The van der Waals surface area contributed by atoms with Gasteiger partial charge in [0.2, 0.25) is 5.89 Å². The van der Waals surface area contributed by atoms with Gasteiger partial charge in [-0.1, -0.05) is 46.7 Å². The summed E-state index contributed by atoms with van der Waals surface area (Å²) in [5.74, 6) is 2.13. The second-order valence-electron chi connectivity index (χ2n) is 6.85. The monoisotopic (exact) mass is 267 g/mol. The predicted molar refractivity (Wildman–Crippen MR) is 78.1 cm³/mol. The van der Waals surface area contributed by atoms with Gasteiger partial charge in [-0.15, -0.1) is 0 Å². The Kier molecular flexibility index (Phi) is 5.98. The van der Waals surface area contributed by atoms with Gasteiger partial charge in [0, 0.05) is 18.9 Å². The van der Waals surface area contributed by atoms with Gasteiger partial charge in [-0.05, 0) is 24.3 Å². The van der Waals surface area contributed by atoms with Crippen LogP contribution in [0.5, 0.6) is 0 Å². The molecule has 0 aromatic carbocycles. The molecule has 0 aliphatic rings. The maximum Gasteiger partial charge on any atom is 0.228 e. The maximum atomic E-state index is 5.37. The molecule has 1 N–H and O–H groups in total. The van der Waals surface area contributed by atoms with Gasteiger partial charge in [0.1, 0.15) is 0 Å². The van der Waals surface area contributed by atoms with Crippen LogP contribution in [-0.2, 0) is 12.8 Å². The fraction of sp³-hybridized carbons (Fsp3) is 0.867. The van der Waals surface area contributed by atoms with E-state index >= 15 is 0 Å². The predicted octanol–water partition coefficient (Wildman–Crippen LogP) is 3.22. The van der Waals surface area contributed by atoms with Crippen molar-refractivity contribution >= 4 is 0 Å². The minimum atomic E-state index is 0.194. The first-order chi connectivity index (χ1) is 8.81. The Morgan fingerprint density at radius 3 is 2.47 bits per heavy atom. The van der Waals surface area contributed by atoms with E-state index in [-0.39, 0.29) is 5.41 Å². The summed E-state index contributed by atoms with van der Waals surface area (Å²) >= 11 is 0. The van der Waals surface area contributed by atoms with Gasteiger partial charge in [0.15, 0.2) is 5.82 Å². The fourth-order valence-corrected chi connectivity index (χ4v) is 1.98. The van der Waals surface area contributed by atoms with Crippen LogP contribution in [0.3, 0.4) is 0 Å². The molecule has 0 fully saturated rings.